The van der Waals surface area contributed by atoms with E-state index in [1.807, 2.05) is 38.1 Å². The molecular weight excluding hydrogens is 546 g/mol. The van der Waals surface area contributed by atoms with E-state index in [1.165, 1.54) is 17.0 Å². The van der Waals surface area contributed by atoms with Crippen molar-refractivity contribution in [2.75, 3.05) is 10.8 Å². The Morgan fingerprint density at radius 2 is 1.57 bits per heavy atom. The number of sulfonamides is 1. The number of hydrogen-bond acceptors (Lipinski definition) is 4. The number of nitrogens with zero attached hydrogens (tertiary/aromatic N) is 2. The zero-order valence-corrected chi connectivity index (χ0v) is 24.5. The van der Waals surface area contributed by atoms with Gasteiger partial charge in [-0.3, -0.25) is 13.9 Å². The van der Waals surface area contributed by atoms with Crippen LogP contribution in [0, 0.1) is 6.92 Å². The van der Waals surface area contributed by atoms with Crippen molar-refractivity contribution in [3.05, 3.63) is 95.0 Å². The molecule has 1 N–H and O–H groups in total. The fraction of sp³-hybridized carbons (Fsp3) is 0.355. The second-order valence-corrected chi connectivity index (χ2v) is 12.5. The number of halogens is 1. The minimum absolute atomic E-state index is 0.0641. The molecule has 3 aromatic rings. The number of benzene rings is 3. The van der Waals surface area contributed by atoms with E-state index in [2.05, 4.69) is 5.32 Å². The Bertz CT molecular complexity index is 1410. The summed E-state index contributed by atoms with van der Waals surface area (Å²) in [6, 6.07) is 21.4. The lowest BCUT2D eigenvalue weighted by Gasteiger charge is -2.34. The van der Waals surface area contributed by atoms with Gasteiger partial charge in [-0.1, -0.05) is 73.8 Å². The first-order valence-corrected chi connectivity index (χ1v) is 15.5. The van der Waals surface area contributed by atoms with Crippen LogP contribution >= 0.6 is 11.6 Å². The zero-order valence-electron chi connectivity index (χ0n) is 22.9. The molecule has 0 spiro atoms. The van der Waals surface area contributed by atoms with Crippen LogP contribution in [-0.4, -0.2) is 43.8 Å². The number of amides is 2. The van der Waals surface area contributed by atoms with E-state index in [0.29, 0.717) is 17.1 Å². The van der Waals surface area contributed by atoms with Crippen LogP contribution in [0.3, 0.4) is 0 Å². The van der Waals surface area contributed by atoms with E-state index in [0.717, 1.165) is 41.1 Å². The average molecular weight is 582 g/mol. The van der Waals surface area contributed by atoms with E-state index < -0.39 is 28.5 Å². The number of nitrogens with one attached hydrogen (secondary N) is 1. The molecule has 1 fully saturated rings. The molecule has 0 saturated heterocycles. The van der Waals surface area contributed by atoms with Crippen molar-refractivity contribution < 1.29 is 18.0 Å². The average Bonchev–Trinajstić information content (AvgIpc) is 3.46. The van der Waals surface area contributed by atoms with Crippen molar-refractivity contribution in [2.24, 2.45) is 0 Å². The highest BCUT2D eigenvalue weighted by molar-refractivity contribution is 7.92. The van der Waals surface area contributed by atoms with Crippen molar-refractivity contribution in [3.63, 3.8) is 0 Å². The first-order valence-electron chi connectivity index (χ1n) is 13.7. The fourth-order valence-electron chi connectivity index (χ4n) is 5.11. The van der Waals surface area contributed by atoms with Crippen molar-refractivity contribution in [1.82, 2.24) is 10.2 Å². The molecule has 0 heterocycles. The van der Waals surface area contributed by atoms with Gasteiger partial charge in [0.15, 0.2) is 0 Å². The molecule has 2 amide bonds. The topological polar surface area (TPSA) is 86.8 Å². The summed E-state index contributed by atoms with van der Waals surface area (Å²) >= 11 is 6.09. The van der Waals surface area contributed by atoms with Crippen molar-refractivity contribution in [1.29, 1.82) is 0 Å². The predicted octanol–water partition coefficient (Wildman–Crippen LogP) is 5.71. The van der Waals surface area contributed by atoms with Gasteiger partial charge in [-0.05, 0) is 73.7 Å². The number of anilines is 1. The number of carbonyl (C=O) groups excluding carboxylic acids is 2. The molecule has 0 aromatic heterocycles. The van der Waals surface area contributed by atoms with Gasteiger partial charge in [-0.15, -0.1) is 0 Å². The summed E-state index contributed by atoms with van der Waals surface area (Å²) in [6.45, 7) is 3.53. The van der Waals surface area contributed by atoms with Crippen LogP contribution in [0.15, 0.2) is 83.8 Å². The number of rotatable bonds is 11. The Morgan fingerprint density at radius 3 is 2.20 bits per heavy atom. The molecule has 1 aliphatic carbocycles. The second kappa shape index (κ2) is 13.3. The van der Waals surface area contributed by atoms with Gasteiger partial charge in [0.25, 0.3) is 10.0 Å². The van der Waals surface area contributed by atoms with Crippen molar-refractivity contribution >= 4 is 39.1 Å². The standard InChI is InChI=1S/C31H36ClN3O4S/c1-3-29(31(37)33-26-13-9-10-14-26)34(21-24-12-8-7-11-23(24)2)30(36)22-35(27-19-17-25(32)18-20-27)40(38,39)28-15-5-4-6-16-28/h4-8,11-12,15-20,26,29H,3,9-10,13-14,21-22H2,1-2H3,(H,33,37). The lowest BCUT2D eigenvalue weighted by Crippen LogP contribution is -2.53. The summed E-state index contributed by atoms with van der Waals surface area (Å²) in [5.74, 6) is -0.675. The van der Waals surface area contributed by atoms with E-state index in [4.69, 9.17) is 11.6 Å². The smallest absolute Gasteiger partial charge is 0.264 e. The van der Waals surface area contributed by atoms with Crippen LogP contribution < -0.4 is 9.62 Å². The molecule has 212 valence electrons. The highest BCUT2D eigenvalue weighted by atomic mass is 35.5. The third-order valence-electron chi connectivity index (χ3n) is 7.41. The quantitative estimate of drug-likeness (QED) is 0.314. The van der Waals surface area contributed by atoms with Crippen LogP contribution in [0.1, 0.15) is 50.2 Å². The normalized spacial score (nSPS) is 14.5. The first-order chi connectivity index (χ1) is 19.2. The first kappa shape index (κ1) is 29.6. The minimum atomic E-state index is -4.11. The van der Waals surface area contributed by atoms with Gasteiger partial charge >= 0.3 is 0 Å². The maximum Gasteiger partial charge on any atom is 0.264 e. The number of aryl methyl sites for hydroxylation is 1. The number of hydrogen-bond donors (Lipinski definition) is 1. The molecular formula is C31H36ClN3O4S. The number of carbonyl (C=O) groups is 2. The molecule has 1 saturated carbocycles. The van der Waals surface area contributed by atoms with Gasteiger partial charge in [0.1, 0.15) is 12.6 Å². The molecule has 40 heavy (non-hydrogen) atoms. The Labute approximate surface area is 242 Å². The Morgan fingerprint density at radius 1 is 0.950 bits per heavy atom. The third-order valence-corrected chi connectivity index (χ3v) is 9.45. The summed E-state index contributed by atoms with van der Waals surface area (Å²) in [5, 5.41) is 3.58. The molecule has 3 aromatic carbocycles. The van der Waals surface area contributed by atoms with Crippen molar-refractivity contribution in [2.45, 2.75) is 69.5 Å². The van der Waals surface area contributed by atoms with Gasteiger partial charge in [0, 0.05) is 17.6 Å². The van der Waals surface area contributed by atoms with Crippen LogP contribution in [-0.2, 0) is 26.2 Å². The highest BCUT2D eigenvalue weighted by Crippen LogP contribution is 2.26. The Kier molecular flexibility index (Phi) is 9.87. The largest absolute Gasteiger partial charge is 0.352 e. The van der Waals surface area contributed by atoms with Crippen LogP contribution in [0.5, 0.6) is 0 Å². The van der Waals surface area contributed by atoms with E-state index >= 15 is 0 Å². The lowest BCUT2D eigenvalue weighted by molar-refractivity contribution is -0.140. The Balaban J connectivity index is 1.71. The maximum atomic E-state index is 14.1. The molecule has 1 atom stereocenters. The van der Waals surface area contributed by atoms with Gasteiger partial charge in [0.2, 0.25) is 11.8 Å². The SMILES string of the molecule is CCC(C(=O)NC1CCCC1)N(Cc1ccccc1C)C(=O)CN(c1ccc(Cl)cc1)S(=O)(=O)c1ccccc1. The summed E-state index contributed by atoms with van der Waals surface area (Å²) in [5.41, 5.74) is 2.19. The highest BCUT2D eigenvalue weighted by Gasteiger charge is 2.34. The van der Waals surface area contributed by atoms with Gasteiger partial charge in [-0.2, -0.15) is 0 Å². The van der Waals surface area contributed by atoms with Gasteiger partial charge in [0.05, 0.1) is 10.6 Å². The second-order valence-electron chi connectivity index (χ2n) is 10.2. The van der Waals surface area contributed by atoms with Gasteiger partial charge in [-0.25, -0.2) is 8.42 Å². The Hall–Kier alpha value is -3.36. The van der Waals surface area contributed by atoms with Crippen LogP contribution in [0.2, 0.25) is 5.02 Å². The zero-order chi connectivity index (χ0) is 28.7. The molecule has 1 unspecified atom stereocenters. The summed E-state index contributed by atoms with van der Waals surface area (Å²) in [7, 11) is -4.11. The monoisotopic (exact) mass is 581 g/mol. The lowest BCUT2D eigenvalue weighted by atomic mass is 10.1. The molecule has 0 aliphatic heterocycles. The summed E-state index contributed by atoms with van der Waals surface area (Å²) < 4.78 is 28.8. The van der Waals surface area contributed by atoms with Crippen LogP contribution in [0.4, 0.5) is 5.69 Å². The van der Waals surface area contributed by atoms with E-state index in [9.17, 15) is 18.0 Å². The fourth-order valence-corrected chi connectivity index (χ4v) is 6.68. The summed E-state index contributed by atoms with van der Waals surface area (Å²) in [4.78, 5) is 29.2. The predicted molar refractivity (Wildman–Crippen MR) is 159 cm³/mol. The minimum Gasteiger partial charge on any atom is -0.352 e. The maximum absolute atomic E-state index is 14.1. The van der Waals surface area contributed by atoms with Gasteiger partial charge < -0.3 is 10.2 Å². The van der Waals surface area contributed by atoms with Crippen LogP contribution in [0.25, 0.3) is 0 Å². The molecule has 9 heteroatoms. The summed E-state index contributed by atoms with van der Waals surface area (Å²) in [6.07, 6.45) is 4.38. The molecule has 0 bridgehead atoms. The molecule has 7 nitrogen and oxygen atoms in total. The third kappa shape index (κ3) is 7.04. The van der Waals surface area contributed by atoms with Crippen molar-refractivity contribution in [3.8, 4) is 0 Å². The molecule has 4 rings (SSSR count). The van der Waals surface area contributed by atoms with E-state index in [1.54, 1.807) is 42.5 Å². The molecule has 1 aliphatic rings. The molecule has 0 radical (unpaired) electrons. The van der Waals surface area contributed by atoms with E-state index in [-0.39, 0.29) is 23.4 Å².